The van der Waals surface area contributed by atoms with Gasteiger partial charge in [-0.15, -0.1) is 0 Å². The lowest BCUT2D eigenvalue weighted by Gasteiger charge is -2.36. The van der Waals surface area contributed by atoms with Crippen LogP contribution in [0.3, 0.4) is 0 Å². The zero-order valence-electron chi connectivity index (χ0n) is 18.2. The number of aliphatic hydroxyl groups excluding tert-OH is 1. The van der Waals surface area contributed by atoms with Gasteiger partial charge in [0.1, 0.15) is 5.02 Å². The van der Waals surface area contributed by atoms with E-state index in [1.165, 1.54) is 6.20 Å². The molecule has 0 saturated carbocycles. The molecule has 0 aliphatic carbocycles. The third-order valence-corrected chi connectivity index (χ3v) is 6.92. The van der Waals surface area contributed by atoms with Gasteiger partial charge in [0.15, 0.2) is 5.82 Å². The fraction of sp³-hybridized carbons (Fsp3) is 0.500. The van der Waals surface area contributed by atoms with E-state index >= 15 is 0 Å². The van der Waals surface area contributed by atoms with Crippen LogP contribution in [-0.2, 0) is 4.79 Å². The summed E-state index contributed by atoms with van der Waals surface area (Å²) >= 11 is 18.7. The Balaban J connectivity index is 1.40. The number of rotatable bonds is 6. The van der Waals surface area contributed by atoms with Crippen molar-refractivity contribution in [2.75, 3.05) is 29.9 Å². The Hall–Kier alpha value is -1.84. The summed E-state index contributed by atoms with van der Waals surface area (Å²) in [7, 11) is 0. The first-order chi connectivity index (χ1) is 15.8. The van der Waals surface area contributed by atoms with Crippen molar-refractivity contribution in [3.05, 3.63) is 45.0 Å². The quantitative estimate of drug-likeness (QED) is 0.469. The molecule has 3 heterocycles. The van der Waals surface area contributed by atoms with Crippen molar-refractivity contribution < 1.29 is 9.90 Å². The molecule has 11 heteroatoms. The van der Waals surface area contributed by atoms with E-state index in [1.54, 1.807) is 12.1 Å². The number of aromatic nitrogens is 2. The maximum atomic E-state index is 12.4. The fourth-order valence-electron chi connectivity index (χ4n) is 4.22. The van der Waals surface area contributed by atoms with E-state index in [0.29, 0.717) is 46.3 Å². The van der Waals surface area contributed by atoms with Gasteiger partial charge in [0.25, 0.3) is 0 Å². The number of β-amino-alcohol motifs (C(OH)–C–C–N with tert-alkyl or cyclic N) is 1. The molecule has 0 unspecified atom stereocenters. The second-order valence-corrected chi connectivity index (χ2v) is 9.72. The summed E-state index contributed by atoms with van der Waals surface area (Å²) < 4.78 is 0. The van der Waals surface area contributed by atoms with E-state index in [1.807, 2.05) is 17.9 Å². The highest BCUT2D eigenvalue weighted by Gasteiger charge is 2.32. The van der Waals surface area contributed by atoms with Gasteiger partial charge >= 0.3 is 0 Å². The van der Waals surface area contributed by atoms with Crippen LogP contribution in [0.25, 0.3) is 0 Å². The Morgan fingerprint density at radius 2 is 2.09 bits per heavy atom. The molecule has 1 amide bonds. The van der Waals surface area contributed by atoms with Crippen LogP contribution < -0.4 is 20.9 Å². The minimum atomic E-state index is -0.730. The number of aliphatic hydroxyl groups is 1. The minimum Gasteiger partial charge on any atom is -0.389 e. The maximum absolute atomic E-state index is 12.4. The molecule has 2 saturated heterocycles. The van der Waals surface area contributed by atoms with Gasteiger partial charge in [-0.25, -0.2) is 4.98 Å². The van der Waals surface area contributed by atoms with Crippen LogP contribution >= 0.6 is 34.8 Å². The Morgan fingerprint density at radius 1 is 1.27 bits per heavy atom. The second-order valence-electron chi connectivity index (χ2n) is 8.46. The van der Waals surface area contributed by atoms with E-state index in [2.05, 4.69) is 25.9 Å². The third kappa shape index (κ3) is 5.81. The number of hydrogen-bond donors (Lipinski definition) is 4. The van der Waals surface area contributed by atoms with E-state index < -0.39 is 6.10 Å². The average molecular weight is 514 g/mol. The summed E-state index contributed by atoms with van der Waals surface area (Å²) in [5.74, 6) is 0.879. The number of nitrogens with zero attached hydrogens (tertiary/aromatic N) is 3. The second kappa shape index (κ2) is 10.6. The number of benzene rings is 1. The number of nitrogens with one attached hydrogen (secondary N) is 3. The van der Waals surface area contributed by atoms with Crippen LogP contribution in [-0.4, -0.2) is 58.8 Å². The van der Waals surface area contributed by atoms with Gasteiger partial charge in [-0.05, 0) is 50.4 Å². The summed E-state index contributed by atoms with van der Waals surface area (Å²) in [6.07, 6.45) is 3.22. The van der Waals surface area contributed by atoms with Crippen molar-refractivity contribution in [2.24, 2.45) is 0 Å². The lowest BCUT2D eigenvalue weighted by atomic mass is 10.0. The number of halogens is 3. The highest BCUT2D eigenvalue weighted by atomic mass is 35.5. The molecule has 1 aromatic carbocycles. The van der Waals surface area contributed by atoms with Gasteiger partial charge < -0.3 is 26.0 Å². The molecular formula is C22H27Cl3N6O2. The number of carbonyl (C=O) groups excluding carboxylic acids is 1. The van der Waals surface area contributed by atoms with Crippen LogP contribution in [0.2, 0.25) is 15.1 Å². The molecule has 2 aliphatic rings. The van der Waals surface area contributed by atoms with Crippen LogP contribution in [0, 0.1) is 0 Å². The monoisotopic (exact) mass is 512 g/mol. The van der Waals surface area contributed by atoms with Gasteiger partial charge in [0, 0.05) is 23.1 Å². The summed E-state index contributed by atoms with van der Waals surface area (Å²) in [4.78, 5) is 23.2. The third-order valence-electron chi connectivity index (χ3n) is 6.08. The molecule has 4 atom stereocenters. The topological polar surface area (TPSA) is 102 Å². The zero-order chi connectivity index (χ0) is 23.5. The number of carbonyl (C=O) groups is 1. The van der Waals surface area contributed by atoms with Crippen molar-refractivity contribution in [2.45, 2.75) is 50.4 Å². The molecule has 2 aliphatic heterocycles. The molecule has 4 rings (SSSR count). The Bertz CT molecular complexity index is 1000. The van der Waals surface area contributed by atoms with Crippen LogP contribution in [0.4, 0.5) is 11.8 Å². The molecule has 178 valence electrons. The number of hydrogen-bond acceptors (Lipinski definition) is 7. The van der Waals surface area contributed by atoms with E-state index in [4.69, 9.17) is 34.8 Å². The van der Waals surface area contributed by atoms with Gasteiger partial charge in [-0.1, -0.05) is 40.9 Å². The predicted octanol–water partition coefficient (Wildman–Crippen LogP) is 3.42. The smallest absolute Gasteiger partial charge is 0.237 e. The van der Waals surface area contributed by atoms with Gasteiger partial charge in [-0.2, -0.15) is 4.98 Å². The SMILES string of the molecule is C[C@@H](Nc1nc(N2CC[C@H](NC(=O)[C@H]3CCCN3)[C@H](O)C2)ncc1Cl)c1ccc(Cl)cc1Cl. The van der Waals surface area contributed by atoms with Crippen molar-refractivity contribution in [1.82, 2.24) is 20.6 Å². The fourth-order valence-corrected chi connectivity index (χ4v) is 4.94. The molecule has 33 heavy (non-hydrogen) atoms. The molecule has 2 fully saturated rings. The molecule has 8 nitrogen and oxygen atoms in total. The van der Waals surface area contributed by atoms with Gasteiger partial charge in [0.05, 0.1) is 30.4 Å². The van der Waals surface area contributed by atoms with E-state index in [0.717, 1.165) is 24.9 Å². The lowest BCUT2D eigenvalue weighted by Crippen LogP contribution is -2.56. The number of anilines is 2. The number of piperidine rings is 1. The molecule has 0 radical (unpaired) electrons. The van der Waals surface area contributed by atoms with Crippen LogP contribution in [0.5, 0.6) is 0 Å². The zero-order valence-corrected chi connectivity index (χ0v) is 20.5. The van der Waals surface area contributed by atoms with Crippen molar-refractivity contribution in [1.29, 1.82) is 0 Å². The number of amides is 1. The largest absolute Gasteiger partial charge is 0.389 e. The molecule has 2 aromatic rings. The Morgan fingerprint density at radius 3 is 2.79 bits per heavy atom. The van der Waals surface area contributed by atoms with Crippen LogP contribution in [0.15, 0.2) is 24.4 Å². The summed E-state index contributed by atoms with van der Waals surface area (Å²) in [5.41, 5.74) is 0.862. The van der Waals surface area contributed by atoms with Crippen molar-refractivity contribution in [3.63, 3.8) is 0 Å². The minimum absolute atomic E-state index is 0.0472. The highest BCUT2D eigenvalue weighted by molar-refractivity contribution is 6.35. The van der Waals surface area contributed by atoms with Crippen molar-refractivity contribution in [3.8, 4) is 0 Å². The first-order valence-corrected chi connectivity index (χ1v) is 12.2. The summed E-state index contributed by atoms with van der Waals surface area (Å²) in [6, 6.07) is 4.69. The van der Waals surface area contributed by atoms with E-state index in [-0.39, 0.29) is 24.0 Å². The highest BCUT2D eigenvalue weighted by Crippen LogP contribution is 2.31. The first kappa shape index (κ1) is 24.3. The van der Waals surface area contributed by atoms with Crippen LogP contribution in [0.1, 0.15) is 37.8 Å². The van der Waals surface area contributed by atoms with E-state index in [9.17, 15) is 9.90 Å². The normalized spacial score (nSPS) is 23.9. The standard InChI is InChI=1S/C22H27Cl3N6O2/c1-12(14-5-4-13(23)9-15(14)24)28-20-16(25)10-27-22(30-20)31-8-6-17(19(32)11-31)29-21(33)18-3-2-7-26-18/h4-5,9-10,12,17-19,26,32H,2-3,6-8,11H2,1H3,(H,29,33)(H,27,28,30)/t12-,17+,18-,19-/m1/s1. The van der Waals surface area contributed by atoms with Crippen molar-refractivity contribution >= 4 is 52.5 Å². The lowest BCUT2D eigenvalue weighted by molar-refractivity contribution is -0.124. The molecular weight excluding hydrogens is 487 g/mol. The Kier molecular flexibility index (Phi) is 7.81. The average Bonchev–Trinajstić information content (AvgIpc) is 3.32. The molecule has 0 spiro atoms. The molecule has 0 bridgehead atoms. The molecule has 1 aromatic heterocycles. The summed E-state index contributed by atoms with van der Waals surface area (Å²) in [5, 5.41) is 21.6. The summed E-state index contributed by atoms with van der Waals surface area (Å²) in [6.45, 7) is 3.71. The predicted molar refractivity (Wildman–Crippen MR) is 131 cm³/mol. The maximum Gasteiger partial charge on any atom is 0.237 e. The Labute approximate surface area is 208 Å². The van der Waals surface area contributed by atoms with Gasteiger partial charge in [0.2, 0.25) is 11.9 Å². The first-order valence-electron chi connectivity index (χ1n) is 11.0. The molecule has 4 N–H and O–H groups in total. The van der Waals surface area contributed by atoms with Gasteiger partial charge in [-0.3, -0.25) is 4.79 Å².